The molecule has 0 aliphatic carbocycles. The van der Waals surface area contributed by atoms with E-state index in [4.69, 9.17) is 15.3 Å². The summed E-state index contributed by atoms with van der Waals surface area (Å²) in [4.78, 5) is 46.2. The number of thioether (sulfide) groups is 1. The van der Waals surface area contributed by atoms with Gasteiger partial charge in [0, 0.05) is 32.7 Å². The topological polar surface area (TPSA) is 186 Å². The lowest BCUT2D eigenvalue weighted by molar-refractivity contribution is -0.117. The van der Waals surface area contributed by atoms with Crippen molar-refractivity contribution in [3.63, 3.8) is 0 Å². The number of hydroxylamine groups is 2. The van der Waals surface area contributed by atoms with Crippen LogP contribution in [0, 0.1) is 11.6 Å². The first-order valence-corrected chi connectivity index (χ1v) is 19.8. The molecule has 4 N–H and O–H groups in total. The van der Waals surface area contributed by atoms with Crippen LogP contribution in [-0.2, 0) is 28.1 Å². The van der Waals surface area contributed by atoms with Crippen LogP contribution in [0.4, 0.5) is 35.4 Å². The number of fused-ring (bicyclic) bond motifs is 1. The molecule has 2 aliphatic rings. The third-order valence-corrected chi connectivity index (χ3v) is 11.4. The van der Waals surface area contributed by atoms with Gasteiger partial charge in [-0.2, -0.15) is 20.1 Å². The minimum absolute atomic E-state index is 0.0304. The van der Waals surface area contributed by atoms with E-state index in [9.17, 15) is 18.4 Å². The van der Waals surface area contributed by atoms with Gasteiger partial charge in [0.15, 0.2) is 17.0 Å². The van der Waals surface area contributed by atoms with Gasteiger partial charge < -0.3 is 30.6 Å². The molecule has 0 bridgehead atoms. The quantitative estimate of drug-likeness (QED) is 0.0702. The smallest absolute Gasteiger partial charge is 0.365 e. The minimum Gasteiger partial charge on any atom is -0.478 e. The molecule has 5 aromatic rings. The van der Waals surface area contributed by atoms with Gasteiger partial charge in [0.05, 0.1) is 38.8 Å². The van der Waals surface area contributed by atoms with E-state index in [-0.39, 0.29) is 42.1 Å². The van der Waals surface area contributed by atoms with E-state index in [2.05, 4.69) is 42.4 Å². The highest BCUT2D eigenvalue weighted by Gasteiger charge is 2.50. The van der Waals surface area contributed by atoms with E-state index < -0.39 is 40.7 Å². The number of methoxy groups -OCH3 is 1. The number of urea groups is 1. The van der Waals surface area contributed by atoms with Crippen LogP contribution in [-0.4, -0.2) is 109 Å². The Labute approximate surface area is 347 Å². The molecule has 60 heavy (non-hydrogen) atoms. The molecular formula is C39H44F3N13O4S. The van der Waals surface area contributed by atoms with Gasteiger partial charge >= 0.3 is 6.03 Å². The summed E-state index contributed by atoms with van der Waals surface area (Å²) in [7, 11) is 4.71. The zero-order valence-electron chi connectivity index (χ0n) is 33.1. The number of nitrogens with zero attached hydrogens (tertiary/aromatic N) is 10. The molecule has 17 nitrogen and oxygen atoms in total. The van der Waals surface area contributed by atoms with Crippen molar-refractivity contribution < 1.29 is 32.3 Å². The van der Waals surface area contributed by atoms with Crippen molar-refractivity contribution in [3.05, 3.63) is 96.5 Å². The second kappa shape index (κ2) is 18.0. The number of hydrazone groups is 1. The lowest BCUT2D eigenvalue weighted by atomic mass is 10.0. The first kappa shape index (κ1) is 42.0. The van der Waals surface area contributed by atoms with E-state index in [0.717, 1.165) is 46.7 Å². The molecule has 3 amide bonds. The van der Waals surface area contributed by atoms with E-state index >= 15 is 4.39 Å². The number of carbonyl (C=O) groups is 2. The lowest BCUT2D eigenvalue weighted by Crippen LogP contribution is -2.47. The summed E-state index contributed by atoms with van der Waals surface area (Å²) in [6.45, 7) is 4.33. The second-order valence-corrected chi connectivity index (χ2v) is 15.3. The fraction of sp³-hybridized carbons (Fsp3) is 0.359. The summed E-state index contributed by atoms with van der Waals surface area (Å²) in [6, 6.07) is 10.9. The molecule has 0 unspecified atom stereocenters. The Balaban J connectivity index is 1.04. The number of rotatable bonds is 16. The number of alkyl halides is 1. The third-order valence-electron chi connectivity index (χ3n) is 9.94. The molecule has 7 rings (SSSR count). The maximum Gasteiger partial charge on any atom is 0.365 e. The fourth-order valence-corrected chi connectivity index (χ4v) is 8.33. The molecule has 2 aromatic carbocycles. The average molecular weight is 848 g/mol. The standard InChI is InChI=1S/C39H44F3N13O4S/c1-5-31(56)45-29-21-53(20-28(29)42)37-47-33(32-34(48-37)51(2)23-44-32)46-30-22-54(49-35(30)58-4)17-10-18-59-52(3)38(57)55-39(15-9-16-43,24-11-7-6-8-12-24)60-36(50-55)26-19-25(40)13-14-27(26)41/h5-8,11-14,19,22-23,28-29H,1,9-10,15-18,20-21,43H2,2-4H3,(H,45,56)(H,46,47,48)/t28-,29-,39+/m1/s1. The molecule has 3 aromatic heterocycles. The maximum absolute atomic E-state index is 15.0. The number of halogens is 3. The van der Waals surface area contributed by atoms with Crippen LogP contribution < -0.4 is 26.0 Å². The zero-order chi connectivity index (χ0) is 42.6. The Bertz CT molecular complexity index is 2400. The molecule has 3 atom stereocenters. The van der Waals surface area contributed by atoms with Gasteiger partial charge in [0.1, 0.15) is 33.4 Å². The van der Waals surface area contributed by atoms with Crippen molar-refractivity contribution in [2.45, 2.75) is 42.9 Å². The lowest BCUT2D eigenvalue weighted by Gasteiger charge is -2.37. The van der Waals surface area contributed by atoms with E-state index in [1.54, 1.807) is 33.7 Å². The average Bonchev–Trinajstić information content (AvgIpc) is 4.04. The molecule has 5 heterocycles. The maximum atomic E-state index is 15.0. The minimum atomic E-state index is -1.35. The number of anilines is 3. The highest BCUT2D eigenvalue weighted by atomic mass is 32.2. The van der Waals surface area contributed by atoms with E-state index in [1.807, 2.05) is 30.3 Å². The van der Waals surface area contributed by atoms with Gasteiger partial charge in [-0.1, -0.05) is 48.7 Å². The predicted octanol–water partition coefficient (Wildman–Crippen LogP) is 4.80. The van der Waals surface area contributed by atoms with Crippen molar-refractivity contribution in [1.29, 1.82) is 0 Å². The van der Waals surface area contributed by atoms with Crippen molar-refractivity contribution in [3.8, 4) is 5.88 Å². The molecule has 0 radical (unpaired) electrons. The van der Waals surface area contributed by atoms with Crippen molar-refractivity contribution >= 4 is 57.4 Å². The van der Waals surface area contributed by atoms with Gasteiger partial charge in [0.25, 0.3) is 5.88 Å². The highest BCUT2D eigenvalue weighted by molar-refractivity contribution is 8.15. The molecule has 1 fully saturated rings. The number of amides is 3. The highest BCUT2D eigenvalue weighted by Crippen LogP contribution is 2.51. The number of imidazole rings is 1. The number of aromatic nitrogens is 6. The van der Waals surface area contributed by atoms with Crippen molar-refractivity contribution in [1.82, 2.24) is 44.7 Å². The number of nitrogens with two attached hydrogens (primary N) is 1. The molecule has 1 saturated heterocycles. The SMILES string of the molecule is C=CC(=O)N[C@@H]1CN(c2nc(Nc3cn(CCCON(C)C(=O)N4N=C(c5cc(F)ccc5F)S[C@@]4(CCCN)c4ccccc4)nc3OC)c3ncn(C)c3n2)C[C@H]1F. The molecule has 2 aliphatic heterocycles. The molecule has 21 heteroatoms. The van der Waals surface area contributed by atoms with Crippen LogP contribution in [0.25, 0.3) is 11.2 Å². The van der Waals surface area contributed by atoms with Gasteiger partial charge in [-0.15, -0.1) is 5.10 Å². The van der Waals surface area contributed by atoms with Crippen LogP contribution in [0.15, 0.2) is 78.8 Å². The van der Waals surface area contributed by atoms with Crippen molar-refractivity contribution in [2.24, 2.45) is 17.9 Å². The van der Waals surface area contributed by atoms with Crippen molar-refractivity contribution in [2.75, 3.05) is 50.6 Å². The first-order valence-electron chi connectivity index (χ1n) is 19.0. The monoisotopic (exact) mass is 847 g/mol. The van der Waals surface area contributed by atoms with Gasteiger partial charge in [-0.3, -0.25) is 14.3 Å². The molecular weight excluding hydrogens is 804 g/mol. The Morgan fingerprint density at radius 1 is 1.15 bits per heavy atom. The van der Waals surface area contributed by atoms with Gasteiger partial charge in [0.2, 0.25) is 11.9 Å². The number of aryl methyl sites for hydroxylation is 2. The van der Waals surface area contributed by atoms with Gasteiger partial charge in [-0.25, -0.2) is 28.0 Å². The number of nitrogens with one attached hydrogen (secondary N) is 2. The summed E-state index contributed by atoms with van der Waals surface area (Å²) in [6.07, 6.45) is 4.34. The Kier molecular flexibility index (Phi) is 12.6. The fourth-order valence-electron chi connectivity index (χ4n) is 6.91. The summed E-state index contributed by atoms with van der Waals surface area (Å²) < 4.78 is 53.2. The van der Waals surface area contributed by atoms with Crippen LogP contribution in [0.2, 0.25) is 0 Å². The van der Waals surface area contributed by atoms with Gasteiger partial charge in [-0.05, 0) is 55.6 Å². The number of ether oxygens (including phenoxy) is 1. The summed E-state index contributed by atoms with van der Waals surface area (Å²) in [5.74, 6) is -0.955. The molecule has 316 valence electrons. The van der Waals surface area contributed by atoms with Crippen LogP contribution in [0.5, 0.6) is 5.88 Å². The molecule has 0 spiro atoms. The van der Waals surface area contributed by atoms with E-state index in [0.29, 0.717) is 55.0 Å². The largest absolute Gasteiger partial charge is 0.478 e. The summed E-state index contributed by atoms with van der Waals surface area (Å²) >= 11 is 1.16. The van der Waals surface area contributed by atoms with Crippen LogP contribution >= 0.6 is 11.8 Å². The zero-order valence-corrected chi connectivity index (χ0v) is 33.9. The predicted molar refractivity (Wildman–Crippen MR) is 220 cm³/mol. The number of hydrogen-bond acceptors (Lipinski definition) is 13. The number of carbonyl (C=O) groups excluding carboxylic acids is 2. The normalized spacial score (nSPS) is 18.8. The number of hydrogen-bond donors (Lipinski definition) is 3. The van der Waals surface area contributed by atoms with Crippen LogP contribution in [0.3, 0.4) is 0 Å². The second-order valence-electron chi connectivity index (χ2n) is 14.0. The van der Waals surface area contributed by atoms with Crippen LogP contribution in [0.1, 0.15) is 30.4 Å². The summed E-state index contributed by atoms with van der Waals surface area (Å²) in [5.41, 5.74) is 8.01. The summed E-state index contributed by atoms with van der Waals surface area (Å²) in [5, 5.41) is 17.4. The Hall–Kier alpha value is -6.19. The first-order chi connectivity index (χ1) is 28.9. The molecule has 0 saturated carbocycles. The van der Waals surface area contributed by atoms with E-state index in [1.165, 1.54) is 19.2 Å². The Morgan fingerprint density at radius 3 is 2.70 bits per heavy atom. The Morgan fingerprint density at radius 2 is 1.95 bits per heavy atom. The number of benzene rings is 2. The third kappa shape index (κ3) is 8.59.